The Hall–Kier alpha value is -0.940. The Balaban J connectivity index is 2.32. The lowest BCUT2D eigenvalue weighted by molar-refractivity contribution is -0.113. The highest BCUT2D eigenvalue weighted by atomic mass is 79.9. The van der Waals surface area contributed by atoms with E-state index in [1.807, 2.05) is 31.2 Å². The van der Waals surface area contributed by atoms with Crippen LogP contribution in [0.5, 0.6) is 0 Å². The number of carbonyl (C=O) groups is 1. The molecule has 0 radical (unpaired) electrons. The number of anilines is 1. The fourth-order valence-electron chi connectivity index (χ4n) is 1.94. The molecule has 2 aromatic carbocycles. The van der Waals surface area contributed by atoms with Gasteiger partial charge in [0.1, 0.15) is 0 Å². The van der Waals surface area contributed by atoms with Gasteiger partial charge >= 0.3 is 0 Å². The van der Waals surface area contributed by atoms with Crippen LogP contribution in [0.25, 0.3) is 0 Å². The third kappa shape index (κ3) is 5.28. The molecule has 6 heteroatoms. The van der Waals surface area contributed by atoms with Crippen molar-refractivity contribution in [3.05, 3.63) is 67.6 Å². The van der Waals surface area contributed by atoms with Crippen LogP contribution in [0.2, 0.25) is 10.0 Å². The van der Waals surface area contributed by atoms with Crippen LogP contribution in [0.1, 0.15) is 13.8 Å². The summed E-state index contributed by atoms with van der Waals surface area (Å²) in [5, 5.41) is 4.35. The van der Waals surface area contributed by atoms with Crippen LogP contribution >= 0.6 is 50.9 Å². The molecule has 0 aliphatic heterocycles. The van der Waals surface area contributed by atoms with E-state index in [0.29, 0.717) is 15.0 Å². The Morgan fingerprint density at radius 3 is 2.26 bits per heavy atom. The Bertz CT molecular complexity index is 757. The molecule has 0 aromatic heterocycles. The topological polar surface area (TPSA) is 29.1 Å². The molecule has 1 N–H and O–H groups in total. The van der Waals surface area contributed by atoms with Gasteiger partial charge in [0.25, 0.3) is 0 Å². The van der Waals surface area contributed by atoms with Gasteiger partial charge in [-0.05, 0) is 60.1 Å². The molecular weight excluding hydrogens is 417 g/mol. The van der Waals surface area contributed by atoms with Crippen molar-refractivity contribution >= 4 is 62.4 Å². The summed E-state index contributed by atoms with van der Waals surface area (Å²) in [6.45, 7) is 3.41. The molecule has 2 aromatic rings. The van der Waals surface area contributed by atoms with E-state index in [2.05, 4.69) is 21.2 Å². The first-order valence-corrected chi connectivity index (χ1v) is 9.10. The van der Waals surface area contributed by atoms with Crippen molar-refractivity contribution < 1.29 is 4.79 Å². The SMILES string of the molecule is CC(=O)/C(Sc1cc(Cl)cc(Cl)c1)=C(/C)Nc1ccccc1Br. The van der Waals surface area contributed by atoms with E-state index in [1.54, 1.807) is 25.1 Å². The molecule has 0 saturated heterocycles. The Morgan fingerprint density at radius 2 is 1.70 bits per heavy atom. The number of Topliss-reactive ketones (excluding diaryl/α,β-unsaturated/α-hetero) is 1. The van der Waals surface area contributed by atoms with Crippen LogP contribution < -0.4 is 5.32 Å². The summed E-state index contributed by atoms with van der Waals surface area (Å²) in [7, 11) is 0. The van der Waals surface area contributed by atoms with Gasteiger partial charge in [0.05, 0.1) is 10.6 Å². The van der Waals surface area contributed by atoms with Crippen LogP contribution in [0.3, 0.4) is 0 Å². The first-order chi connectivity index (χ1) is 10.9. The summed E-state index contributed by atoms with van der Waals surface area (Å²) in [5.41, 5.74) is 1.67. The molecule has 0 spiro atoms. The van der Waals surface area contributed by atoms with Crippen LogP contribution in [0, 0.1) is 0 Å². The number of allylic oxidation sites excluding steroid dienone is 2. The van der Waals surface area contributed by atoms with Crippen molar-refractivity contribution in [1.29, 1.82) is 0 Å². The van der Waals surface area contributed by atoms with Crippen molar-refractivity contribution in [2.24, 2.45) is 0 Å². The van der Waals surface area contributed by atoms with E-state index in [1.165, 1.54) is 11.8 Å². The Morgan fingerprint density at radius 1 is 1.09 bits per heavy atom. The van der Waals surface area contributed by atoms with Crippen molar-refractivity contribution in [2.45, 2.75) is 18.7 Å². The lowest BCUT2D eigenvalue weighted by Crippen LogP contribution is -2.04. The quantitative estimate of drug-likeness (QED) is 0.418. The highest BCUT2D eigenvalue weighted by Crippen LogP contribution is 2.34. The van der Waals surface area contributed by atoms with Gasteiger partial charge in [0.2, 0.25) is 0 Å². The minimum absolute atomic E-state index is 0.0249. The highest BCUT2D eigenvalue weighted by Gasteiger charge is 2.13. The number of thioether (sulfide) groups is 1. The van der Waals surface area contributed by atoms with Gasteiger partial charge in [0, 0.05) is 25.1 Å². The smallest absolute Gasteiger partial charge is 0.168 e. The predicted molar refractivity (Wildman–Crippen MR) is 103 cm³/mol. The second-order valence-corrected chi connectivity index (χ2v) is 7.63. The van der Waals surface area contributed by atoms with Crippen LogP contribution in [-0.2, 0) is 4.79 Å². The number of carbonyl (C=O) groups excluding carboxylic acids is 1. The summed E-state index contributed by atoms with van der Waals surface area (Å²) < 4.78 is 0.929. The second-order valence-electron chi connectivity index (χ2n) is 4.82. The molecular formula is C17H14BrCl2NOS. The van der Waals surface area contributed by atoms with Gasteiger partial charge in [-0.15, -0.1) is 0 Å². The van der Waals surface area contributed by atoms with Gasteiger partial charge in [-0.3, -0.25) is 4.79 Å². The van der Waals surface area contributed by atoms with E-state index in [9.17, 15) is 4.79 Å². The molecule has 120 valence electrons. The van der Waals surface area contributed by atoms with Crippen molar-refractivity contribution in [1.82, 2.24) is 0 Å². The van der Waals surface area contributed by atoms with Gasteiger partial charge in [-0.25, -0.2) is 0 Å². The molecule has 0 saturated carbocycles. The largest absolute Gasteiger partial charge is 0.357 e. The molecule has 0 fully saturated rings. The first-order valence-electron chi connectivity index (χ1n) is 6.74. The summed E-state index contributed by atoms with van der Waals surface area (Å²) in [5.74, 6) is -0.0249. The van der Waals surface area contributed by atoms with E-state index in [-0.39, 0.29) is 5.78 Å². The highest BCUT2D eigenvalue weighted by molar-refractivity contribution is 9.10. The summed E-state index contributed by atoms with van der Waals surface area (Å²) >= 11 is 16.9. The fourth-order valence-corrected chi connectivity index (χ4v) is 3.93. The second kappa shape index (κ2) is 8.25. The molecule has 0 aliphatic carbocycles. The maximum absolute atomic E-state index is 12.0. The minimum atomic E-state index is -0.0249. The van der Waals surface area contributed by atoms with Crippen LogP contribution in [0.15, 0.2) is 62.4 Å². The zero-order chi connectivity index (χ0) is 17.0. The van der Waals surface area contributed by atoms with Gasteiger partial charge in [-0.1, -0.05) is 47.1 Å². The molecule has 2 nitrogen and oxygen atoms in total. The molecule has 2 rings (SSSR count). The summed E-state index contributed by atoms with van der Waals surface area (Å²) in [6.07, 6.45) is 0. The molecule has 0 unspecified atom stereocenters. The molecule has 0 bridgehead atoms. The summed E-state index contributed by atoms with van der Waals surface area (Å²) in [4.78, 5) is 13.5. The lowest BCUT2D eigenvalue weighted by atomic mass is 10.3. The van der Waals surface area contributed by atoms with Crippen LogP contribution in [-0.4, -0.2) is 5.78 Å². The standard InChI is InChI=1S/C17H14BrCl2NOS/c1-10(21-16-6-4-3-5-15(16)18)17(11(2)22)23-14-8-12(19)7-13(20)9-14/h3-9,21H,1-2H3/b17-10+. The Kier molecular flexibility index (Phi) is 6.60. The van der Waals surface area contributed by atoms with E-state index < -0.39 is 0 Å². The third-order valence-electron chi connectivity index (χ3n) is 2.91. The molecule has 23 heavy (non-hydrogen) atoms. The number of hydrogen-bond donors (Lipinski definition) is 1. The lowest BCUT2D eigenvalue weighted by Gasteiger charge is -2.13. The zero-order valence-corrected chi connectivity index (χ0v) is 16.4. The average Bonchev–Trinajstić information content (AvgIpc) is 2.45. The number of halogens is 3. The normalized spacial score (nSPS) is 11.9. The summed E-state index contributed by atoms with van der Waals surface area (Å²) in [6, 6.07) is 13.0. The van der Waals surface area contributed by atoms with Crippen molar-refractivity contribution in [3.8, 4) is 0 Å². The van der Waals surface area contributed by atoms with E-state index in [4.69, 9.17) is 23.2 Å². The number of ketones is 1. The third-order valence-corrected chi connectivity index (χ3v) is 5.31. The molecule has 0 amide bonds. The number of para-hydroxylation sites is 1. The molecule has 0 heterocycles. The monoisotopic (exact) mass is 429 g/mol. The minimum Gasteiger partial charge on any atom is -0.357 e. The number of benzene rings is 2. The predicted octanol–water partition coefficient (Wildman–Crippen LogP) is 6.78. The van der Waals surface area contributed by atoms with Crippen molar-refractivity contribution in [3.63, 3.8) is 0 Å². The number of nitrogens with one attached hydrogen (secondary N) is 1. The van der Waals surface area contributed by atoms with Crippen LogP contribution in [0.4, 0.5) is 5.69 Å². The van der Waals surface area contributed by atoms with Gasteiger partial charge < -0.3 is 5.32 Å². The first kappa shape index (κ1) is 18.4. The Labute approximate surface area is 158 Å². The number of rotatable bonds is 5. The average molecular weight is 431 g/mol. The fraction of sp³-hybridized carbons (Fsp3) is 0.118. The van der Waals surface area contributed by atoms with Gasteiger partial charge in [-0.2, -0.15) is 0 Å². The van der Waals surface area contributed by atoms with E-state index >= 15 is 0 Å². The maximum Gasteiger partial charge on any atom is 0.168 e. The molecule has 0 atom stereocenters. The maximum atomic E-state index is 12.0. The molecule has 0 aliphatic rings. The van der Waals surface area contributed by atoms with E-state index in [0.717, 1.165) is 20.8 Å². The number of hydrogen-bond acceptors (Lipinski definition) is 3. The van der Waals surface area contributed by atoms with Gasteiger partial charge in [0.15, 0.2) is 5.78 Å². The zero-order valence-electron chi connectivity index (χ0n) is 12.5. The van der Waals surface area contributed by atoms with Crippen molar-refractivity contribution in [2.75, 3.05) is 5.32 Å².